The van der Waals surface area contributed by atoms with Gasteiger partial charge in [0.1, 0.15) is 23.2 Å². The molecule has 1 unspecified atom stereocenters. The van der Waals surface area contributed by atoms with Crippen LogP contribution < -0.4 is 15.9 Å². The maximum atomic E-state index is 13.7. The maximum absolute atomic E-state index is 13.7. The van der Waals surface area contributed by atoms with Crippen molar-refractivity contribution in [2.75, 3.05) is 6.61 Å². The van der Waals surface area contributed by atoms with E-state index in [1.165, 1.54) is 0 Å². The van der Waals surface area contributed by atoms with E-state index in [1.807, 2.05) is 67.6 Å². The lowest BCUT2D eigenvalue weighted by Gasteiger charge is -2.32. The smallest absolute Gasteiger partial charge is 0.352 e. The van der Waals surface area contributed by atoms with Crippen molar-refractivity contribution in [1.82, 2.24) is 0 Å². The molecule has 0 fully saturated rings. The molecule has 33 heavy (non-hydrogen) atoms. The van der Waals surface area contributed by atoms with Gasteiger partial charge in [0.05, 0.1) is 6.61 Å². The molecule has 1 atom stereocenters. The van der Waals surface area contributed by atoms with Gasteiger partial charge in [-0.05, 0) is 55.0 Å². The van der Waals surface area contributed by atoms with E-state index in [0.29, 0.717) is 6.61 Å². The van der Waals surface area contributed by atoms with Crippen LogP contribution in [0.5, 0.6) is 0 Å². The lowest BCUT2D eigenvalue weighted by atomic mass is 10.2. The zero-order chi connectivity index (χ0) is 22.9. The second-order valence-electron chi connectivity index (χ2n) is 7.70. The van der Waals surface area contributed by atoms with Crippen LogP contribution in [0.4, 0.5) is 0 Å². The number of esters is 1. The molecule has 0 spiro atoms. The number of ether oxygens (including phenoxy) is 1. The van der Waals surface area contributed by atoms with Crippen molar-refractivity contribution in [2.24, 2.45) is 0 Å². The average Bonchev–Trinajstić information content (AvgIpc) is 2.89. The minimum Gasteiger partial charge on any atom is -0.463 e. The normalized spacial score (nSPS) is 12.4. The first-order valence-electron chi connectivity index (χ1n) is 11.2. The quantitative estimate of drug-likeness (QED) is 0.257. The van der Waals surface area contributed by atoms with Gasteiger partial charge in [0, 0.05) is 0 Å². The molecule has 3 heteroatoms. The number of hydrogen-bond donors (Lipinski definition) is 0. The van der Waals surface area contributed by atoms with Gasteiger partial charge in [0.2, 0.25) is 0 Å². The van der Waals surface area contributed by atoms with Crippen LogP contribution in [0, 0.1) is 0 Å². The van der Waals surface area contributed by atoms with E-state index < -0.39 is 12.9 Å². The number of benzene rings is 4. The van der Waals surface area contributed by atoms with Crippen molar-refractivity contribution in [1.29, 1.82) is 0 Å². The summed E-state index contributed by atoms with van der Waals surface area (Å²) in [7, 11) is -2.45. The van der Waals surface area contributed by atoms with Gasteiger partial charge in [-0.1, -0.05) is 91.0 Å². The summed E-state index contributed by atoms with van der Waals surface area (Å²) in [6.45, 7) is 2.20. The molecule has 2 nitrogen and oxygen atoms in total. The van der Waals surface area contributed by atoms with E-state index in [9.17, 15) is 4.79 Å². The first-order valence-corrected chi connectivity index (χ1v) is 13.1. The molecule has 0 saturated heterocycles. The van der Waals surface area contributed by atoms with Crippen molar-refractivity contribution in [2.45, 2.75) is 12.6 Å². The summed E-state index contributed by atoms with van der Waals surface area (Å²) >= 11 is 0. The van der Waals surface area contributed by atoms with Crippen LogP contribution in [0.3, 0.4) is 0 Å². The fraction of sp³-hybridized carbons (Fsp3) is 0.100. The molecule has 4 aromatic carbocycles. The minimum atomic E-state index is -2.45. The molecule has 0 heterocycles. The maximum Gasteiger partial charge on any atom is 0.352 e. The number of rotatable bonds is 8. The SMILES string of the molecule is CCOC(=O)C(/C=C\c1ccccc1)[P+](c1ccccc1)(c1ccccc1)c1ccccc1. The Morgan fingerprint density at radius 2 is 1.09 bits per heavy atom. The van der Waals surface area contributed by atoms with E-state index in [-0.39, 0.29) is 5.97 Å². The van der Waals surface area contributed by atoms with Crippen LogP contribution >= 0.6 is 7.26 Å². The van der Waals surface area contributed by atoms with Gasteiger partial charge in [-0.25, -0.2) is 4.79 Å². The van der Waals surface area contributed by atoms with Crippen LogP contribution in [0.1, 0.15) is 12.5 Å². The Labute approximate surface area is 196 Å². The summed E-state index contributed by atoms with van der Waals surface area (Å²) < 4.78 is 5.70. The van der Waals surface area contributed by atoms with Crippen LogP contribution in [0.15, 0.2) is 127 Å². The molecule has 0 radical (unpaired) electrons. The first-order chi connectivity index (χ1) is 16.3. The predicted molar refractivity (Wildman–Crippen MR) is 141 cm³/mol. The number of hydrogen-bond acceptors (Lipinski definition) is 2. The third-order valence-corrected chi connectivity index (χ3v) is 10.3. The third kappa shape index (κ3) is 4.82. The van der Waals surface area contributed by atoms with Gasteiger partial charge in [-0.2, -0.15) is 0 Å². The summed E-state index contributed by atoms with van der Waals surface area (Å²) in [6, 6.07) is 41.4. The molecule has 4 aromatic rings. The summed E-state index contributed by atoms with van der Waals surface area (Å²) in [5, 5.41) is 3.45. The highest BCUT2D eigenvalue weighted by Gasteiger charge is 2.55. The van der Waals surface area contributed by atoms with Crippen molar-refractivity contribution in [3.8, 4) is 0 Å². The first kappa shape index (κ1) is 22.7. The van der Waals surface area contributed by atoms with E-state index in [1.54, 1.807) is 0 Å². The Morgan fingerprint density at radius 3 is 1.48 bits per heavy atom. The molecule has 0 aliphatic rings. The number of carbonyl (C=O) groups excluding carboxylic acids is 1. The molecular formula is C30H28O2P+. The Morgan fingerprint density at radius 1 is 0.697 bits per heavy atom. The van der Waals surface area contributed by atoms with Crippen molar-refractivity contribution >= 4 is 35.2 Å². The zero-order valence-corrected chi connectivity index (χ0v) is 19.6. The van der Waals surface area contributed by atoms with E-state index >= 15 is 0 Å². The van der Waals surface area contributed by atoms with Gasteiger partial charge in [0.15, 0.2) is 5.66 Å². The summed E-state index contributed by atoms with van der Waals surface area (Å²) in [6.07, 6.45) is 4.10. The fourth-order valence-electron chi connectivity index (χ4n) is 4.28. The van der Waals surface area contributed by atoms with E-state index in [2.05, 4.69) is 72.8 Å². The second kappa shape index (κ2) is 10.9. The molecule has 0 bridgehead atoms. The topological polar surface area (TPSA) is 26.3 Å². The van der Waals surface area contributed by atoms with Crippen molar-refractivity contribution < 1.29 is 9.53 Å². The molecule has 0 aliphatic carbocycles. The molecule has 0 aliphatic heterocycles. The van der Waals surface area contributed by atoms with Crippen LogP contribution in [0.2, 0.25) is 0 Å². The Hall–Kier alpha value is -3.48. The lowest BCUT2D eigenvalue weighted by molar-refractivity contribution is -0.141. The summed E-state index contributed by atoms with van der Waals surface area (Å²) in [4.78, 5) is 13.7. The Bertz CT molecular complexity index is 1080. The van der Waals surface area contributed by atoms with Gasteiger partial charge >= 0.3 is 5.97 Å². The van der Waals surface area contributed by atoms with Crippen molar-refractivity contribution in [3.63, 3.8) is 0 Å². The summed E-state index contributed by atoms with van der Waals surface area (Å²) in [5.74, 6) is -0.199. The third-order valence-electron chi connectivity index (χ3n) is 5.71. The van der Waals surface area contributed by atoms with Gasteiger partial charge in [0.25, 0.3) is 0 Å². The molecule has 4 rings (SSSR count). The fourth-order valence-corrected chi connectivity index (χ4v) is 8.80. The minimum absolute atomic E-state index is 0.199. The molecule has 0 N–H and O–H groups in total. The van der Waals surface area contributed by atoms with Gasteiger partial charge < -0.3 is 4.74 Å². The highest BCUT2D eigenvalue weighted by molar-refractivity contribution is 7.97. The molecule has 0 aromatic heterocycles. The van der Waals surface area contributed by atoms with Crippen molar-refractivity contribution in [3.05, 3.63) is 133 Å². The van der Waals surface area contributed by atoms with E-state index in [4.69, 9.17) is 4.74 Å². The highest BCUT2D eigenvalue weighted by Crippen LogP contribution is 2.60. The Balaban J connectivity index is 2.03. The molecule has 0 amide bonds. The summed E-state index contributed by atoms with van der Waals surface area (Å²) in [5.41, 5.74) is 0.587. The highest BCUT2D eigenvalue weighted by atomic mass is 31.2. The molecular weight excluding hydrogens is 423 g/mol. The van der Waals surface area contributed by atoms with Crippen LogP contribution in [-0.4, -0.2) is 18.2 Å². The van der Waals surface area contributed by atoms with Crippen LogP contribution in [0.25, 0.3) is 6.08 Å². The molecule has 164 valence electrons. The average molecular weight is 452 g/mol. The van der Waals surface area contributed by atoms with E-state index in [0.717, 1.165) is 21.5 Å². The van der Waals surface area contributed by atoms with Crippen LogP contribution in [-0.2, 0) is 9.53 Å². The lowest BCUT2D eigenvalue weighted by Crippen LogP contribution is -2.42. The Kier molecular flexibility index (Phi) is 7.50. The van der Waals surface area contributed by atoms with Gasteiger partial charge in [-0.15, -0.1) is 0 Å². The zero-order valence-electron chi connectivity index (χ0n) is 18.7. The largest absolute Gasteiger partial charge is 0.463 e. The van der Waals surface area contributed by atoms with Gasteiger partial charge in [-0.3, -0.25) is 0 Å². The second-order valence-corrected chi connectivity index (χ2v) is 11.2. The monoisotopic (exact) mass is 451 g/mol. The standard InChI is InChI=1S/C30H28O2P/c1-2-32-30(31)29(24-23-25-15-7-3-8-16-25)33(26-17-9-4-10-18-26,27-19-11-5-12-20-27)28-21-13-6-14-22-28/h3-24,29H,2H2,1H3/q+1/b24-23-. The molecule has 0 saturated carbocycles. The number of carbonyl (C=O) groups is 1. The predicted octanol–water partition coefficient (Wildman–Crippen LogP) is 5.63.